The average molecular weight is 404 g/mol. The van der Waals surface area contributed by atoms with Crippen molar-refractivity contribution >= 4 is 32.7 Å². The average Bonchev–Trinajstić information content (AvgIpc) is 3.01. The molecular weight excluding hydrogens is 386 g/mol. The highest BCUT2D eigenvalue weighted by atomic mass is 79.9. The van der Waals surface area contributed by atoms with E-state index < -0.39 is 0 Å². The molecule has 0 atom stereocenters. The second-order valence-corrected chi connectivity index (χ2v) is 7.54. The number of H-pyrrole nitrogens is 1. The van der Waals surface area contributed by atoms with Crippen molar-refractivity contribution in [1.82, 2.24) is 15.5 Å². The van der Waals surface area contributed by atoms with Crippen LogP contribution >= 0.6 is 15.9 Å². The number of nitrogens with one attached hydrogen (secondary N) is 2. The molecule has 2 N–H and O–H groups in total. The van der Waals surface area contributed by atoms with Crippen molar-refractivity contribution in [3.8, 4) is 5.75 Å². The van der Waals surface area contributed by atoms with E-state index in [1.54, 1.807) is 6.07 Å². The Hall–Kier alpha value is -2.28. The van der Waals surface area contributed by atoms with Crippen LogP contribution in [-0.4, -0.2) is 16.0 Å². The van der Waals surface area contributed by atoms with Crippen molar-refractivity contribution in [3.63, 3.8) is 0 Å². The number of rotatable bonds is 6. The fourth-order valence-corrected chi connectivity index (χ4v) is 3.14. The van der Waals surface area contributed by atoms with Gasteiger partial charge >= 0.3 is 0 Å². The Balaban J connectivity index is 1.47. The lowest BCUT2D eigenvalue weighted by Gasteiger charge is -2.08. The number of amides is 1. The predicted molar refractivity (Wildman–Crippen MR) is 96.0 cm³/mol. The largest absolute Gasteiger partial charge is 0.486 e. The normalized spacial score (nSPS) is 15.3. The minimum absolute atomic E-state index is 0.129. The van der Waals surface area contributed by atoms with Gasteiger partial charge in [0.05, 0.1) is 11.0 Å². The first-order chi connectivity index (χ1) is 12.0. The van der Waals surface area contributed by atoms with E-state index in [0.717, 1.165) is 45.4 Å². The number of aromatic nitrogens is 2. The van der Waals surface area contributed by atoms with Gasteiger partial charge in [0, 0.05) is 34.1 Å². The molecule has 1 aliphatic rings. The predicted octanol–water partition coefficient (Wildman–Crippen LogP) is 3.91. The highest BCUT2D eigenvalue weighted by molar-refractivity contribution is 9.10. The first kappa shape index (κ1) is 16.2. The van der Waals surface area contributed by atoms with Crippen LogP contribution in [0.15, 0.2) is 39.5 Å². The van der Waals surface area contributed by atoms with Gasteiger partial charge in [0.1, 0.15) is 24.3 Å². The Morgan fingerprint density at radius 1 is 1.44 bits per heavy atom. The molecule has 0 spiro atoms. The van der Waals surface area contributed by atoms with Gasteiger partial charge in [-0.2, -0.15) is 0 Å². The van der Waals surface area contributed by atoms with Crippen molar-refractivity contribution in [1.29, 1.82) is 0 Å². The number of carbonyl (C=O) groups is 1. The van der Waals surface area contributed by atoms with Crippen LogP contribution in [0.25, 0.3) is 10.9 Å². The Labute approximate surface area is 153 Å². The Morgan fingerprint density at radius 3 is 3.00 bits per heavy atom. The summed E-state index contributed by atoms with van der Waals surface area (Å²) < 4.78 is 11.5. The van der Waals surface area contributed by atoms with Crippen molar-refractivity contribution in [2.45, 2.75) is 32.9 Å². The van der Waals surface area contributed by atoms with Crippen LogP contribution in [0.4, 0.5) is 0 Å². The first-order valence-corrected chi connectivity index (χ1v) is 8.94. The van der Waals surface area contributed by atoms with E-state index in [9.17, 15) is 4.79 Å². The van der Waals surface area contributed by atoms with E-state index in [1.165, 1.54) is 6.26 Å². The van der Waals surface area contributed by atoms with Gasteiger partial charge in [-0.25, -0.2) is 0 Å². The molecule has 6 nitrogen and oxygen atoms in total. The second-order valence-electron chi connectivity index (χ2n) is 6.69. The van der Waals surface area contributed by atoms with Gasteiger partial charge < -0.3 is 19.6 Å². The lowest BCUT2D eigenvalue weighted by molar-refractivity contribution is -0.125. The number of carbonyl (C=O) groups excluding carboxylic acids is 1. The standard InChI is InChI=1S/C18H18BrN3O3/c1-18(3-4-18)17(23)20-9-13-6-11-7-14(19)16(8-15(11)21-13)24-10-12-2-5-25-22-12/h2,5-8,21H,3-4,9-10H2,1H3,(H,20,23). The van der Waals surface area contributed by atoms with Gasteiger partial charge in [-0.1, -0.05) is 12.1 Å². The van der Waals surface area contributed by atoms with Gasteiger partial charge in [0.15, 0.2) is 0 Å². The number of ether oxygens (including phenoxy) is 1. The lowest BCUT2D eigenvalue weighted by Crippen LogP contribution is -2.29. The van der Waals surface area contributed by atoms with Crippen LogP contribution in [0.5, 0.6) is 5.75 Å². The number of aromatic amines is 1. The van der Waals surface area contributed by atoms with Gasteiger partial charge in [0.25, 0.3) is 0 Å². The van der Waals surface area contributed by atoms with Gasteiger partial charge in [0.2, 0.25) is 5.91 Å². The molecule has 25 heavy (non-hydrogen) atoms. The zero-order chi connectivity index (χ0) is 17.4. The molecule has 7 heteroatoms. The van der Waals surface area contributed by atoms with E-state index in [0.29, 0.717) is 13.2 Å². The summed E-state index contributed by atoms with van der Waals surface area (Å²) in [7, 11) is 0. The maximum absolute atomic E-state index is 12.1. The van der Waals surface area contributed by atoms with E-state index in [2.05, 4.69) is 31.4 Å². The van der Waals surface area contributed by atoms with Crippen LogP contribution in [-0.2, 0) is 17.9 Å². The molecule has 1 aromatic carbocycles. The van der Waals surface area contributed by atoms with Crippen molar-refractivity contribution in [2.75, 3.05) is 0 Å². The molecule has 130 valence electrons. The number of halogens is 1. The molecular formula is C18H18BrN3O3. The van der Waals surface area contributed by atoms with Gasteiger partial charge in [-0.05, 0) is 40.9 Å². The Kier molecular flexibility index (Phi) is 4.03. The fourth-order valence-electron chi connectivity index (χ4n) is 2.67. The van der Waals surface area contributed by atoms with Crippen molar-refractivity contribution < 1.29 is 14.1 Å². The minimum atomic E-state index is -0.156. The van der Waals surface area contributed by atoms with E-state index >= 15 is 0 Å². The van der Waals surface area contributed by atoms with E-state index in [-0.39, 0.29) is 11.3 Å². The first-order valence-electron chi connectivity index (χ1n) is 8.15. The number of fused-ring (bicyclic) bond motifs is 1. The quantitative estimate of drug-likeness (QED) is 0.653. The molecule has 1 fully saturated rings. The molecule has 1 amide bonds. The lowest BCUT2D eigenvalue weighted by atomic mass is 10.1. The highest BCUT2D eigenvalue weighted by Gasteiger charge is 2.44. The van der Waals surface area contributed by atoms with Gasteiger partial charge in [-0.3, -0.25) is 4.79 Å². The summed E-state index contributed by atoms with van der Waals surface area (Å²) >= 11 is 3.54. The Bertz CT molecular complexity index is 913. The third kappa shape index (κ3) is 3.42. The number of benzene rings is 1. The van der Waals surface area contributed by atoms with E-state index in [4.69, 9.17) is 9.26 Å². The van der Waals surface area contributed by atoms with Crippen LogP contribution in [0.1, 0.15) is 31.2 Å². The van der Waals surface area contributed by atoms with E-state index in [1.807, 2.05) is 25.1 Å². The maximum Gasteiger partial charge on any atom is 0.226 e. The number of nitrogens with zero attached hydrogens (tertiary/aromatic N) is 1. The molecule has 1 saturated carbocycles. The fraction of sp³-hybridized carbons (Fsp3) is 0.333. The SMILES string of the molecule is CC1(C(=O)NCc2cc3cc(Br)c(OCc4ccon4)cc3[nH]2)CC1. The zero-order valence-corrected chi connectivity index (χ0v) is 15.4. The van der Waals surface area contributed by atoms with Crippen LogP contribution in [0.2, 0.25) is 0 Å². The van der Waals surface area contributed by atoms with Crippen LogP contribution in [0, 0.1) is 5.41 Å². The molecule has 1 aliphatic carbocycles. The molecule has 3 aromatic rings. The number of hydrogen-bond acceptors (Lipinski definition) is 4. The summed E-state index contributed by atoms with van der Waals surface area (Å²) in [6.07, 6.45) is 3.47. The van der Waals surface area contributed by atoms with Gasteiger partial charge in [-0.15, -0.1) is 0 Å². The molecule has 0 bridgehead atoms. The van der Waals surface area contributed by atoms with Crippen LogP contribution < -0.4 is 10.1 Å². The monoisotopic (exact) mass is 403 g/mol. The summed E-state index contributed by atoms with van der Waals surface area (Å²) in [6.45, 7) is 2.84. The summed E-state index contributed by atoms with van der Waals surface area (Å²) in [5.74, 6) is 0.849. The molecule has 0 radical (unpaired) electrons. The smallest absolute Gasteiger partial charge is 0.226 e. The summed E-state index contributed by atoms with van der Waals surface area (Å²) in [4.78, 5) is 15.4. The Morgan fingerprint density at radius 2 is 2.28 bits per heavy atom. The third-order valence-electron chi connectivity index (χ3n) is 4.58. The molecule has 2 heterocycles. The summed E-state index contributed by atoms with van der Waals surface area (Å²) in [5, 5.41) is 7.89. The zero-order valence-electron chi connectivity index (χ0n) is 13.8. The second kappa shape index (κ2) is 6.22. The van der Waals surface area contributed by atoms with Crippen LogP contribution in [0.3, 0.4) is 0 Å². The topological polar surface area (TPSA) is 80.2 Å². The highest BCUT2D eigenvalue weighted by Crippen LogP contribution is 2.45. The summed E-state index contributed by atoms with van der Waals surface area (Å²) in [5.41, 5.74) is 2.50. The maximum atomic E-state index is 12.1. The molecule has 0 unspecified atom stereocenters. The van der Waals surface area contributed by atoms with Crippen molar-refractivity contribution in [2.24, 2.45) is 5.41 Å². The molecule has 4 rings (SSSR count). The number of hydrogen-bond donors (Lipinski definition) is 2. The molecule has 0 saturated heterocycles. The third-order valence-corrected chi connectivity index (χ3v) is 5.20. The van der Waals surface area contributed by atoms with Crippen molar-refractivity contribution in [3.05, 3.63) is 46.4 Å². The minimum Gasteiger partial charge on any atom is -0.486 e. The summed E-state index contributed by atoms with van der Waals surface area (Å²) in [6, 6.07) is 7.74. The molecule has 0 aliphatic heterocycles. The molecule has 2 aromatic heterocycles.